The molecule has 2 amide bonds. The van der Waals surface area contributed by atoms with Crippen LogP contribution in [0.4, 0.5) is 5.69 Å². The second-order valence-corrected chi connectivity index (χ2v) is 9.06. The highest BCUT2D eigenvalue weighted by atomic mass is 35.5. The molecule has 2 aromatic rings. The predicted octanol–water partition coefficient (Wildman–Crippen LogP) is 3.02. The Morgan fingerprint density at radius 1 is 1.21 bits per heavy atom. The summed E-state index contributed by atoms with van der Waals surface area (Å²) in [7, 11) is -3.71. The van der Waals surface area contributed by atoms with E-state index in [-0.39, 0.29) is 27.9 Å². The van der Waals surface area contributed by atoms with Crippen molar-refractivity contribution in [2.75, 3.05) is 16.6 Å². The summed E-state index contributed by atoms with van der Waals surface area (Å²) in [5.41, 5.74) is 1.59. The van der Waals surface area contributed by atoms with E-state index in [4.69, 9.17) is 11.6 Å². The number of carbonyl (C=O) groups is 2. The molecule has 1 fully saturated rings. The second-order valence-electron chi connectivity index (χ2n) is 6.79. The van der Waals surface area contributed by atoms with Gasteiger partial charge in [0.15, 0.2) is 0 Å². The molecular weight excluding hydrogens is 400 g/mol. The molecule has 1 N–H and O–H groups in total. The van der Waals surface area contributed by atoms with Crippen molar-refractivity contribution >= 4 is 39.1 Å². The van der Waals surface area contributed by atoms with Crippen LogP contribution in [0.2, 0.25) is 5.02 Å². The van der Waals surface area contributed by atoms with Gasteiger partial charge in [-0.2, -0.15) is 0 Å². The predicted molar refractivity (Wildman–Crippen MR) is 109 cm³/mol. The lowest BCUT2D eigenvalue weighted by molar-refractivity contribution is -0.119. The van der Waals surface area contributed by atoms with Gasteiger partial charge in [-0.15, -0.1) is 0 Å². The van der Waals surface area contributed by atoms with E-state index < -0.39 is 21.8 Å². The Hall–Kier alpha value is -2.38. The number of benzene rings is 2. The van der Waals surface area contributed by atoms with Gasteiger partial charge >= 0.3 is 0 Å². The van der Waals surface area contributed by atoms with Gasteiger partial charge in [-0.25, -0.2) is 12.7 Å². The van der Waals surface area contributed by atoms with E-state index in [9.17, 15) is 18.0 Å². The zero-order valence-electron chi connectivity index (χ0n) is 15.4. The van der Waals surface area contributed by atoms with Crippen LogP contribution in [0.15, 0.2) is 48.5 Å². The van der Waals surface area contributed by atoms with Crippen LogP contribution in [0.25, 0.3) is 0 Å². The smallest absolute Gasteiger partial charge is 0.252 e. The Balaban J connectivity index is 1.64. The van der Waals surface area contributed by atoms with Gasteiger partial charge in [0.2, 0.25) is 15.9 Å². The highest BCUT2D eigenvalue weighted by Crippen LogP contribution is 2.31. The lowest BCUT2D eigenvalue weighted by Crippen LogP contribution is -2.30. The SMILES string of the molecule is C[C@H]1CS(=O)(=O)N(c2ccc(C(=O)NCCCc3ccccc3)c(Cl)c2)C1=O. The molecule has 3 rings (SSSR count). The molecule has 0 spiro atoms. The van der Waals surface area contributed by atoms with E-state index in [1.165, 1.54) is 23.8 Å². The lowest BCUT2D eigenvalue weighted by atomic mass is 10.1. The monoisotopic (exact) mass is 420 g/mol. The third-order valence-corrected chi connectivity index (χ3v) is 6.74. The highest BCUT2D eigenvalue weighted by molar-refractivity contribution is 7.94. The largest absolute Gasteiger partial charge is 0.352 e. The van der Waals surface area contributed by atoms with Gasteiger partial charge in [0.1, 0.15) is 0 Å². The van der Waals surface area contributed by atoms with E-state index in [2.05, 4.69) is 5.32 Å². The summed E-state index contributed by atoms with van der Waals surface area (Å²) in [5, 5.41) is 2.91. The number of rotatable bonds is 6. The highest BCUT2D eigenvalue weighted by Gasteiger charge is 2.42. The summed E-state index contributed by atoms with van der Waals surface area (Å²) in [5.74, 6) is -1.66. The molecule has 0 unspecified atom stereocenters. The Bertz CT molecular complexity index is 993. The van der Waals surface area contributed by atoms with Crippen LogP contribution in [-0.4, -0.2) is 32.5 Å². The molecule has 1 saturated heterocycles. The number of nitrogens with zero attached hydrogens (tertiary/aromatic N) is 1. The molecule has 1 atom stereocenters. The Labute approximate surface area is 169 Å². The maximum atomic E-state index is 12.4. The molecule has 0 aliphatic carbocycles. The summed E-state index contributed by atoms with van der Waals surface area (Å²) < 4.78 is 25.1. The van der Waals surface area contributed by atoms with Crippen LogP contribution in [0.1, 0.15) is 29.3 Å². The van der Waals surface area contributed by atoms with Crippen molar-refractivity contribution < 1.29 is 18.0 Å². The minimum Gasteiger partial charge on any atom is -0.352 e. The average molecular weight is 421 g/mol. The van der Waals surface area contributed by atoms with Gasteiger partial charge < -0.3 is 5.32 Å². The molecule has 1 aliphatic rings. The van der Waals surface area contributed by atoms with Crippen molar-refractivity contribution in [2.45, 2.75) is 19.8 Å². The molecule has 1 heterocycles. The van der Waals surface area contributed by atoms with Gasteiger partial charge in [-0.1, -0.05) is 48.9 Å². The fraction of sp³-hybridized carbons (Fsp3) is 0.300. The van der Waals surface area contributed by atoms with E-state index in [0.717, 1.165) is 17.1 Å². The van der Waals surface area contributed by atoms with Crippen molar-refractivity contribution in [1.29, 1.82) is 0 Å². The van der Waals surface area contributed by atoms with Crippen LogP contribution in [-0.2, 0) is 21.2 Å². The molecule has 1 aliphatic heterocycles. The average Bonchev–Trinajstić information content (AvgIpc) is 2.86. The van der Waals surface area contributed by atoms with E-state index in [1.54, 1.807) is 6.92 Å². The summed E-state index contributed by atoms with van der Waals surface area (Å²) in [6.07, 6.45) is 1.63. The van der Waals surface area contributed by atoms with Crippen LogP contribution < -0.4 is 9.62 Å². The first kappa shape index (κ1) is 20.4. The Kier molecular flexibility index (Phi) is 6.05. The molecule has 2 aromatic carbocycles. The zero-order chi connectivity index (χ0) is 20.3. The van der Waals surface area contributed by atoms with Gasteiger partial charge in [0.05, 0.1) is 27.9 Å². The first-order valence-corrected chi connectivity index (χ1v) is 11.0. The zero-order valence-corrected chi connectivity index (χ0v) is 17.0. The first-order chi connectivity index (χ1) is 13.3. The van der Waals surface area contributed by atoms with Gasteiger partial charge in [0, 0.05) is 6.54 Å². The number of halogens is 1. The van der Waals surface area contributed by atoms with E-state index >= 15 is 0 Å². The third-order valence-electron chi connectivity index (χ3n) is 4.56. The molecular formula is C20H21ClN2O4S. The van der Waals surface area contributed by atoms with Crippen molar-refractivity contribution in [3.63, 3.8) is 0 Å². The minimum absolute atomic E-state index is 0.0978. The van der Waals surface area contributed by atoms with Gasteiger partial charge in [-0.05, 0) is 36.6 Å². The number of hydrogen-bond acceptors (Lipinski definition) is 4. The van der Waals surface area contributed by atoms with Crippen LogP contribution in [0.5, 0.6) is 0 Å². The normalized spacial score (nSPS) is 18.3. The van der Waals surface area contributed by atoms with Crippen molar-refractivity contribution in [1.82, 2.24) is 5.32 Å². The quantitative estimate of drug-likeness (QED) is 0.728. The summed E-state index contributed by atoms with van der Waals surface area (Å²) >= 11 is 6.19. The summed E-state index contributed by atoms with van der Waals surface area (Å²) in [4.78, 5) is 24.5. The van der Waals surface area contributed by atoms with Gasteiger partial charge in [0.25, 0.3) is 5.91 Å². The maximum absolute atomic E-state index is 12.4. The Morgan fingerprint density at radius 2 is 1.93 bits per heavy atom. The lowest BCUT2D eigenvalue weighted by Gasteiger charge is -2.16. The number of aryl methyl sites for hydroxylation is 1. The van der Waals surface area contributed by atoms with E-state index in [0.29, 0.717) is 6.54 Å². The van der Waals surface area contributed by atoms with Crippen molar-refractivity contribution in [3.8, 4) is 0 Å². The molecule has 148 valence electrons. The fourth-order valence-corrected chi connectivity index (χ4v) is 5.21. The molecule has 0 aromatic heterocycles. The number of anilines is 1. The van der Waals surface area contributed by atoms with Crippen LogP contribution in [0.3, 0.4) is 0 Å². The number of amides is 2. The standard InChI is InChI=1S/C20H21ClN2O4S/c1-14-13-28(26,27)23(20(14)25)16-9-10-17(18(21)12-16)19(24)22-11-5-8-15-6-3-2-4-7-15/h2-4,6-7,9-10,12,14H,5,8,11,13H2,1H3,(H,22,24)/t14-/m0/s1. The number of hydrogen-bond donors (Lipinski definition) is 1. The van der Waals surface area contributed by atoms with Crippen LogP contribution in [0, 0.1) is 5.92 Å². The fourth-order valence-electron chi connectivity index (χ4n) is 3.14. The van der Waals surface area contributed by atoms with Crippen molar-refractivity contribution in [2.24, 2.45) is 5.92 Å². The number of carbonyl (C=O) groups excluding carboxylic acids is 2. The molecule has 6 nitrogen and oxygen atoms in total. The summed E-state index contributed by atoms with van der Waals surface area (Å²) in [6.45, 7) is 2.06. The molecule has 0 bridgehead atoms. The van der Waals surface area contributed by atoms with Gasteiger partial charge in [-0.3, -0.25) is 9.59 Å². The topological polar surface area (TPSA) is 83.6 Å². The molecule has 8 heteroatoms. The first-order valence-electron chi connectivity index (χ1n) is 8.98. The third kappa shape index (κ3) is 4.36. The van der Waals surface area contributed by atoms with Crippen LogP contribution >= 0.6 is 11.6 Å². The molecule has 0 radical (unpaired) electrons. The minimum atomic E-state index is -3.71. The van der Waals surface area contributed by atoms with Crippen molar-refractivity contribution in [3.05, 3.63) is 64.7 Å². The second kappa shape index (κ2) is 8.32. The summed E-state index contributed by atoms with van der Waals surface area (Å²) in [6, 6.07) is 14.2. The van der Waals surface area contributed by atoms with E-state index in [1.807, 2.05) is 30.3 Å². The number of sulfonamides is 1. The molecule has 0 saturated carbocycles. The maximum Gasteiger partial charge on any atom is 0.252 e. The molecule has 28 heavy (non-hydrogen) atoms. The Morgan fingerprint density at radius 3 is 2.54 bits per heavy atom. The number of nitrogens with one attached hydrogen (secondary N) is 1.